The van der Waals surface area contributed by atoms with Crippen LogP contribution in [0.3, 0.4) is 0 Å². The van der Waals surface area contributed by atoms with Crippen LogP contribution in [0.1, 0.15) is 141 Å². The van der Waals surface area contributed by atoms with Crippen LogP contribution < -0.4 is 0 Å². The fraction of sp³-hybridized carbons (Fsp3) is 0.812. The molecule has 0 amide bonds. The lowest BCUT2D eigenvalue weighted by molar-refractivity contribution is 0.172. The van der Waals surface area contributed by atoms with E-state index < -0.39 is 29.6 Å². The van der Waals surface area contributed by atoms with Gasteiger partial charge in [-0.2, -0.15) is 0 Å². The Kier molecular flexibility index (Phi) is 26.0. The van der Waals surface area contributed by atoms with E-state index in [9.17, 15) is 0 Å². The Morgan fingerprint density at radius 1 is 0.500 bits per heavy atom. The molecule has 0 aliphatic heterocycles. The van der Waals surface area contributed by atoms with Crippen molar-refractivity contribution in [1.29, 1.82) is 0 Å². The van der Waals surface area contributed by atoms with E-state index in [1.54, 1.807) is 0 Å². The summed E-state index contributed by atoms with van der Waals surface area (Å²) >= 11 is -3.82. The third-order valence-electron chi connectivity index (χ3n) is 7.17. The SMILES string of the molecule is CCCCCC[O][Al]([CH2][CH](c1ccccc1)[Al]([O]CCCCCC)[O]CCCCCC)[O]CCCCCC. The molecule has 0 spiro atoms. The normalized spacial score (nSPS) is 12.1. The second-order valence-corrected chi connectivity index (χ2v) is 15.0. The first-order chi connectivity index (χ1) is 18.8. The lowest BCUT2D eigenvalue weighted by Gasteiger charge is -2.25. The summed E-state index contributed by atoms with van der Waals surface area (Å²) in [7, 11) is 0. The Hall–Kier alpha value is 0.125. The molecule has 0 bridgehead atoms. The van der Waals surface area contributed by atoms with Gasteiger partial charge in [-0.05, 0) is 35.7 Å². The molecular formula is C32H60Al2O4. The molecule has 0 saturated carbocycles. The van der Waals surface area contributed by atoms with Crippen LogP contribution in [-0.4, -0.2) is 56.1 Å². The second-order valence-electron chi connectivity index (χ2n) is 10.8. The number of benzene rings is 1. The molecule has 1 atom stereocenters. The number of hydrogen-bond acceptors (Lipinski definition) is 4. The van der Waals surface area contributed by atoms with Crippen molar-refractivity contribution in [2.24, 2.45) is 0 Å². The first kappa shape index (κ1) is 36.2. The van der Waals surface area contributed by atoms with E-state index in [2.05, 4.69) is 58.0 Å². The van der Waals surface area contributed by atoms with Crippen molar-refractivity contribution in [3.05, 3.63) is 35.9 Å². The Balaban J connectivity index is 2.94. The quantitative estimate of drug-likeness (QED) is 0.0752. The van der Waals surface area contributed by atoms with Crippen molar-refractivity contribution < 1.29 is 15.2 Å². The van der Waals surface area contributed by atoms with Crippen LogP contribution in [0.4, 0.5) is 0 Å². The summed E-state index contributed by atoms with van der Waals surface area (Å²) in [6, 6.07) is 10.9. The molecule has 1 aromatic carbocycles. The van der Waals surface area contributed by atoms with Gasteiger partial charge in [-0.3, -0.25) is 0 Å². The minimum Gasteiger partial charge on any atom is -0.478 e. The average molecular weight is 563 g/mol. The summed E-state index contributed by atoms with van der Waals surface area (Å²) in [6.45, 7) is 12.3. The maximum Gasteiger partial charge on any atom is 0.681 e. The van der Waals surface area contributed by atoms with E-state index in [-0.39, 0.29) is 4.78 Å². The Bertz CT molecular complexity index is 576. The molecule has 0 radical (unpaired) electrons. The van der Waals surface area contributed by atoms with Crippen LogP contribution in [0, 0.1) is 0 Å². The largest absolute Gasteiger partial charge is 0.681 e. The molecule has 1 aromatic rings. The highest BCUT2D eigenvalue weighted by molar-refractivity contribution is 6.52. The predicted octanol–water partition coefficient (Wildman–Crippen LogP) is 9.67. The molecular weight excluding hydrogens is 502 g/mol. The lowest BCUT2D eigenvalue weighted by atomic mass is 10.2. The van der Waals surface area contributed by atoms with Crippen molar-refractivity contribution in [2.75, 3.05) is 26.4 Å². The van der Waals surface area contributed by atoms with Gasteiger partial charge in [0.05, 0.1) is 0 Å². The molecule has 0 aliphatic rings. The summed E-state index contributed by atoms with van der Waals surface area (Å²) in [5.74, 6) is 0. The van der Waals surface area contributed by atoms with Crippen LogP contribution in [0.25, 0.3) is 0 Å². The van der Waals surface area contributed by atoms with E-state index in [0.717, 1.165) is 57.4 Å². The number of rotatable bonds is 28. The first-order valence-corrected chi connectivity index (χ1v) is 19.6. The van der Waals surface area contributed by atoms with Crippen LogP contribution in [0.2, 0.25) is 5.28 Å². The summed E-state index contributed by atoms with van der Waals surface area (Å²) in [6.07, 6.45) is 19.6. The zero-order chi connectivity index (χ0) is 27.5. The van der Waals surface area contributed by atoms with Crippen LogP contribution in [-0.2, 0) is 15.2 Å². The number of hydrogen-bond donors (Lipinski definition) is 0. The third-order valence-corrected chi connectivity index (χ3v) is 12.3. The molecule has 38 heavy (non-hydrogen) atoms. The summed E-state index contributed by atoms with van der Waals surface area (Å²) in [4.78, 5) is 0. The maximum absolute atomic E-state index is 6.66. The highest BCUT2D eigenvalue weighted by atomic mass is 27.2. The van der Waals surface area contributed by atoms with E-state index in [0.29, 0.717) is 0 Å². The molecule has 0 N–H and O–H groups in total. The van der Waals surface area contributed by atoms with E-state index >= 15 is 0 Å². The fourth-order valence-electron chi connectivity index (χ4n) is 4.72. The van der Waals surface area contributed by atoms with Gasteiger partial charge in [0.25, 0.3) is 0 Å². The predicted molar refractivity (Wildman–Crippen MR) is 166 cm³/mol. The molecule has 1 unspecified atom stereocenters. The second kappa shape index (κ2) is 27.3. The standard InChI is InChI=1S/C8H8.4C6H13O.2Al/c1-2-8-6-4-3-5-7-8;4*1-2-3-4-5-6-7;;/h2-7H,1H2;4*2-6H2,1H3;;/q;4*-1;2*+2. The van der Waals surface area contributed by atoms with E-state index in [1.165, 1.54) is 82.6 Å². The van der Waals surface area contributed by atoms with Crippen molar-refractivity contribution in [3.8, 4) is 0 Å². The van der Waals surface area contributed by atoms with Gasteiger partial charge < -0.3 is 15.2 Å². The van der Waals surface area contributed by atoms with Crippen molar-refractivity contribution in [1.82, 2.24) is 0 Å². The summed E-state index contributed by atoms with van der Waals surface area (Å²) in [5, 5.41) is 0.951. The highest BCUT2D eigenvalue weighted by Crippen LogP contribution is 2.28. The molecule has 218 valence electrons. The van der Waals surface area contributed by atoms with Gasteiger partial charge in [0, 0.05) is 26.4 Å². The molecule has 0 fully saturated rings. The fourth-order valence-corrected chi connectivity index (χ4v) is 10.1. The molecule has 6 heteroatoms. The first-order valence-electron chi connectivity index (χ1n) is 16.3. The monoisotopic (exact) mass is 562 g/mol. The van der Waals surface area contributed by atoms with Crippen molar-refractivity contribution in [2.45, 2.75) is 140 Å². The van der Waals surface area contributed by atoms with Gasteiger partial charge in [0.2, 0.25) is 0 Å². The Morgan fingerprint density at radius 3 is 1.29 bits per heavy atom. The summed E-state index contributed by atoms with van der Waals surface area (Å²) in [5.41, 5.74) is 1.34. The zero-order valence-corrected chi connectivity index (χ0v) is 27.9. The van der Waals surface area contributed by atoms with Crippen LogP contribution >= 0.6 is 0 Å². The van der Waals surface area contributed by atoms with Gasteiger partial charge >= 0.3 is 29.6 Å². The minimum atomic E-state index is -1.96. The zero-order valence-electron chi connectivity index (χ0n) is 25.6. The van der Waals surface area contributed by atoms with E-state index in [1.807, 2.05) is 0 Å². The lowest BCUT2D eigenvalue weighted by Crippen LogP contribution is -2.37. The summed E-state index contributed by atoms with van der Waals surface area (Å²) < 4.78 is 26.7. The molecule has 0 aromatic heterocycles. The third kappa shape index (κ3) is 19.2. The Morgan fingerprint density at radius 2 is 0.895 bits per heavy atom. The molecule has 0 aliphatic carbocycles. The highest BCUT2D eigenvalue weighted by Gasteiger charge is 2.42. The van der Waals surface area contributed by atoms with Crippen molar-refractivity contribution in [3.63, 3.8) is 0 Å². The van der Waals surface area contributed by atoms with Crippen LogP contribution in [0.5, 0.6) is 0 Å². The van der Waals surface area contributed by atoms with Gasteiger partial charge in [-0.25, -0.2) is 0 Å². The van der Waals surface area contributed by atoms with Crippen LogP contribution in [0.15, 0.2) is 30.3 Å². The molecule has 0 heterocycles. The minimum absolute atomic E-state index is 0.275. The average Bonchev–Trinajstić information content (AvgIpc) is 2.94. The van der Waals surface area contributed by atoms with E-state index in [4.69, 9.17) is 15.2 Å². The maximum atomic E-state index is 6.66. The molecule has 1 rings (SSSR count). The molecule has 4 nitrogen and oxygen atoms in total. The smallest absolute Gasteiger partial charge is 0.478 e. The van der Waals surface area contributed by atoms with Gasteiger partial charge in [-0.15, -0.1) is 0 Å². The topological polar surface area (TPSA) is 36.9 Å². The number of unbranched alkanes of at least 4 members (excludes halogenated alkanes) is 12. The van der Waals surface area contributed by atoms with Crippen molar-refractivity contribution >= 4 is 29.6 Å². The van der Waals surface area contributed by atoms with Gasteiger partial charge in [0.15, 0.2) is 0 Å². The van der Waals surface area contributed by atoms with Gasteiger partial charge in [0.1, 0.15) is 0 Å². The molecule has 0 saturated heterocycles. The van der Waals surface area contributed by atoms with Gasteiger partial charge in [-0.1, -0.05) is 141 Å². The Labute approximate surface area is 246 Å².